The smallest absolute Gasteiger partial charge is 0.224 e. The predicted octanol–water partition coefficient (Wildman–Crippen LogP) is 4.76. The first-order valence-electron chi connectivity index (χ1n) is 7.74. The molecule has 0 aliphatic heterocycles. The first kappa shape index (κ1) is 17.3. The second-order valence-electron chi connectivity index (χ2n) is 5.41. The van der Waals surface area contributed by atoms with Crippen LogP contribution >= 0.6 is 23.2 Å². The highest BCUT2D eigenvalue weighted by molar-refractivity contribution is 6.42. The van der Waals surface area contributed by atoms with Crippen LogP contribution in [-0.4, -0.2) is 16.5 Å². The summed E-state index contributed by atoms with van der Waals surface area (Å²) in [5.41, 5.74) is 8.43. The third kappa shape index (κ3) is 4.75. The first-order valence-corrected chi connectivity index (χ1v) is 8.50. The van der Waals surface area contributed by atoms with Crippen molar-refractivity contribution >= 4 is 46.3 Å². The van der Waals surface area contributed by atoms with Crippen molar-refractivity contribution in [1.29, 1.82) is 0 Å². The Morgan fingerprint density at radius 2 is 1.80 bits per heavy atom. The number of rotatable bonds is 6. The highest BCUT2D eigenvalue weighted by Crippen LogP contribution is 2.23. The van der Waals surface area contributed by atoms with Gasteiger partial charge in [-0.2, -0.15) is 4.98 Å². The number of para-hydroxylation sites is 1. The highest BCUT2D eigenvalue weighted by Gasteiger charge is 2.05. The van der Waals surface area contributed by atoms with Crippen LogP contribution in [0.2, 0.25) is 10.0 Å². The topological polar surface area (TPSA) is 75.9 Å². The standard InChI is InChI=1S/C18H17Cl2N5/c19-14-7-6-12(10-15(14)20)8-9-22-18-23-11-16(21)17(25-18)24-13-4-2-1-3-5-13/h1-7,10-11H,8-9,21H2,(H2,22,23,24,25). The van der Waals surface area contributed by atoms with Gasteiger partial charge in [0.1, 0.15) is 0 Å². The van der Waals surface area contributed by atoms with Gasteiger partial charge in [-0.15, -0.1) is 0 Å². The van der Waals surface area contributed by atoms with Gasteiger partial charge in [0.15, 0.2) is 5.82 Å². The molecule has 1 aromatic heterocycles. The molecule has 0 saturated heterocycles. The monoisotopic (exact) mass is 373 g/mol. The predicted molar refractivity (Wildman–Crippen MR) is 105 cm³/mol. The Hall–Kier alpha value is -2.50. The van der Waals surface area contributed by atoms with Crippen LogP contribution in [0.15, 0.2) is 54.7 Å². The number of benzene rings is 2. The van der Waals surface area contributed by atoms with Gasteiger partial charge in [0.2, 0.25) is 5.95 Å². The summed E-state index contributed by atoms with van der Waals surface area (Å²) in [6, 6.07) is 15.3. The molecule has 0 aliphatic rings. The molecule has 1 heterocycles. The summed E-state index contributed by atoms with van der Waals surface area (Å²) in [6.45, 7) is 0.659. The minimum absolute atomic E-state index is 0.485. The molecular weight excluding hydrogens is 357 g/mol. The number of nitrogens with zero attached hydrogens (tertiary/aromatic N) is 2. The average Bonchev–Trinajstić information content (AvgIpc) is 2.62. The van der Waals surface area contributed by atoms with Crippen LogP contribution in [0.4, 0.5) is 23.1 Å². The quantitative estimate of drug-likeness (QED) is 0.580. The fourth-order valence-corrected chi connectivity index (χ4v) is 2.57. The van der Waals surface area contributed by atoms with Crippen LogP contribution in [0.5, 0.6) is 0 Å². The summed E-state index contributed by atoms with van der Waals surface area (Å²) in [7, 11) is 0. The van der Waals surface area contributed by atoms with Crippen LogP contribution in [-0.2, 0) is 6.42 Å². The van der Waals surface area contributed by atoms with E-state index >= 15 is 0 Å². The summed E-state index contributed by atoms with van der Waals surface area (Å²) in [6.07, 6.45) is 2.35. The molecule has 128 valence electrons. The van der Waals surface area contributed by atoms with Crippen LogP contribution in [0.1, 0.15) is 5.56 Å². The molecule has 7 heteroatoms. The Bertz CT molecular complexity index is 855. The van der Waals surface area contributed by atoms with E-state index in [1.165, 1.54) is 0 Å². The largest absolute Gasteiger partial charge is 0.394 e. The molecule has 0 saturated carbocycles. The molecule has 0 unspecified atom stereocenters. The molecule has 3 rings (SSSR count). The molecule has 0 atom stereocenters. The summed E-state index contributed by atoms with van der Waals surface area (Å²) < 4.78 is 0. The normalized spacial score (nSPS) is 10.5. The SMILES string of the molecule is Nc1cnc(NCCc2ccc(Cl)c(Cl)c2)nc1Nc1ccccc1. The van der Waals surface area contributed by atoms with Gasteiger partial charge in [0, 0.05) is 12.2 Å². The lowest BCUT2D eigenvalue weighted by atomic mass is 10.1. The molecule has 2 aromatic carbocycles. The van der Waals surface area contributed by atoms with Gasteiger partial charge in [0.25, 0.3) is 0 Å². The van der Waals surface area contributed by atoms with Crippen molar-refractivity contribution in [3.63, 3.8) is 0 Å². The maximum absolute atomic E-state index is 6.03. The van der Waals surface area contributed by atoms with Crippen LogP contribution in [0.25, 0.3) is 0 Å². The van der Waals surface area contributed by atoms with E-state index in [4.69, 9.17) is 28.9 Å². The zero-order valence-electron chi connectivity index (χ0n) is 13.3. The number of nitrogens with two attached hydrogens (primary N) is 1. The lowest BCUT2D eigenvalue weighted by Gasteiger charge is -2.11. The van der Waals surface area contributed by atoms with Crippen molar-refractivity contribution in [3.8, 4) is 0 Å². The number of anilines is 4. The van der Waals surface area contributed by atoms with E-state index in [0.29, 0.717) is 34.0 Å². The van der Waals surface area contributed by atoms with E-state index in [9.17, 15) is 0 Å². The number of hydrogen-bond acceptors (Lipinski definition) is 5. The Balaban J connectivity index is 1.62. The van der Waals surface area contributed by atoms with Crippen molar-refractivity contribution in [2.45, 2.75) is 6.42 Å². The number of nitrogens with one attached hydrogen (secondary N) is 2. The van der Waals surface area contributed by atoms with Crippen LogP contribution < -0.4 is 16.4 Å². The van der Waals surface area contributed by atoms with Gasteiger partial charge in [-0.05, 0) is 36.2 Å². The van der Waals surface area contributed by atoms with Gasteiger partial charge < -0.3 is 16.4 Å². The fraction of sp³-hybridized carbons (Fsp3) is 0.111. The number of hydrogen-bond donors (Lipinski definition) is 3. The Morgan fingerprint density at radius 1 is 1.00 bits per heavy atom. The first-order chi connectivity index (χ1) is 12.1. The zero-order chi connectivity index (χ0) is 17.6. The molecule has 4 N–H and O–H groups in total. The van der Waals surface area contributed by atoms with Crippen molar-refractivity contribution in [1.82, 2.24) is 9.97 Å². The third-order valence-corrected chi connectivity index (χ3v) is 4.27. The zero-order valence-corrected chi connectivity index (χ0v) is 14.8. The molecule has 3 aromatic rings. The molecule has 0 spiro atoms. The van der Waals surface area contributed by atoms with E-state index in [0.717, 1.165) is 17.7 Å². The molecule has 0 bridgehead atoms. The molecule has 0 aliphatic carbocycles. The van der Waals surface area contributed by atoms with Crippen molar-refractivity contribution in [3.05, 3.63) is 70.3 Å². The third-order valence-electron chi connectivity index (χ3n) is 3.53. The fourth-order valence-electron chi connectivity index (χ4n) is 2.25. The van der Waals surface area contributed by atoms with E-state index in [1.54, 1.807) is 12.3 Å². The number of halogens is 2. The molecule has 5 nitrogen and oxygen atoms in total. The number of nitrogen functional groups attached to an aromatic ring is 1. The maximum atomic E-state index is 6.03. The van der Waals surface area contributed by atoms with Crippen molar-refractivity contribution < 1.29 is 0 Å². The minimum atomic E-state index is 0.485. The van der Waals surface area contributed by atoms with Gasteiger partial charge in [0.05, 0.1) is 21.9 Å². The summed E-state index contributed by atoms with van der Waals surface area (Å²) >= 11 is 11.9. The molecule has 0 amide bonds. The van der Waals surface area contributed by atoms with Gasteiger partial charge in [-0.25, -0.2) is 4.98 Å². The second kappa shape index (κ2) is 8.05. The lowest BCUT2D eigenvalue weighted by molar-refractivity contribution is 0.986. The summed E-state index contributed by atoms with van der Waals surface area (Å²) in [5, 5.41) is 7.48. The summed E-state index contributed by atoms with van der Waals surface area (Å²) in [4.78, 5) is 8.63. The average molecular weight is 374 g/mol. The van der Waals surface area contributed by atoms with Crippen LogP contribution in [0, 0.1) is 0 Å². The van der Waals surface area contributed by atoms with Crippen molar-refractivity contribution in [2.75, 3.05) is 22.9 Å². The van der Waals surface area contributed by atoms with Gasteiger partial charge in [-0.3, -0.25) is 0 Å². The van der Waals surface area contributed by atoms with E-state index in [-0.39, 0.29) is 0 Å². The molecule has 0 radical (unpaired) electrons. The van der Waals surface area contributed by atoms with Crippen molar-refractivity contribution in [2.24, 2.45) is 0 Å². The van der Waals surface area contributed by atoms with Gasteiger partial charge >= 0.3 is 0 Å². The molecular formula is C18H17Cl2N5. The summed E-state index contributed by atoms with van der Waals surface area (Å²) in [5.74, 6) is 1.07. The van der Waals surface area contributed by atoms with E-state index < -0.39 is 0 Å². The van der Waals surface area contributed by atoms with Crippen LogP contribution in [0.3, 0.4) is 0 Å². The second-order valence-corrected chi connectivity index (χ2v) is 6.23. The van der Waals surface area contributed by atoms with E-state index in [2.05, 4.69) is 20.6 Å². The lowest BCUT2D eigenvalue weighted by Crippen LogP contribution is -2.10. The Morgan fingerprint density at radius 3 is 2.56 bits per heavy atom. The Kier molecular flexibility index (Phi) is 5.58. The number of aromatic nitrogens is 2. The minimum Gasteiger partial charge on any atom is -0.394 e. The Labute approximate surface area is 156 Å². The molecule has 0 fully saturated rings. The highest BCUT2D eigenvalue weighted by atomic mass is 35.5. The van der Waals surface area contributed by atoms with Gasteiger partial charge in [-0.1, -0.05) is 47.5 Å². The molecule has 25 heavy (non-hydrogen) atoms. The van der Waals surface area contributed by atoms with E-state index in [1.807, 2.05) is 42.5 Å². The maximum Gasteiger partial charge on any atom is 0.224 e.